The molecule has 0 radical (unpaired) electrons. The summed E-state index contributed by atoms with van der Waals surface area (Å²) >= 11 is 11.7. The molecule has 0 saturated carbocycles. The molecule has 0 saturated heterocycles. The zero-order chi connectivity index (χ0) is 22.5. The summed E-state index contributed by atoms with van der Waals surface area (Å²) in [4.78, 5) is 23.2. The Morgan fingerprint density at radius 1 is 1.07 bits per heavy atom. The summed E-state index contributed by atoms with van der Waals surface area (Å²) in [6.45, 7) is -2.57. The van der Waals surface area contributed by atoms with E-state index in [1.54, 1.807) is 0 Å². The first-order chi connectivity index (χ1) is 13.9. The molecule has 0 aromatic heterocycles. The van der Waals surface area contributed by atoms with E-state index in [4.69, 9.17) is 23.2 Å². The van der Waals surface area contributed by atoms with Gasteiger partial charge in [0.2, 0.25) is 0 Å². The minimum Gasteiger partial charge on any atom is -0.452 e. The molecule has 0 unspecified atom stereocenters. The molecular weight excluding hydrogens is 472 g/mol. The summed E-state index contributed by atoms with van der Waals surface area (Å²) in [5.74, 6) is -2.31. The summed E-state index contributed by atoms with van der Waals surface area (Å²) in [5, 5.41) is 1.53. The van der Waals surface area contributed by atoms with Crippen molar-refractivity contribution in [1.29, 1.82) is 0 Å². The van der Waals surface area contributed by atoms with Gasteiger partial charge in [0, 0.05) is 5.02 Å². The summed E-state index contributed by atoms with van der Waals surface area (Å²) in [6, 6.07) is 9.03. The Bertz CT molecular complexity index is 1060. The molecule has 1 amide bonds. The summed E-state index contributed by atoms with van der Waals surface area (Å²) in [5.41, 5.74) is -0.475. The van der Waals surface area contributed by atoms with Crippen molar-refractivity contribution in [2.24, 2.45) is 0 Å². The minimum atomic E-state index is -4.62. The number of ether oxygens (including phenoxy) is 1. The Kier molecular flexibility index (Phi) is 7.56. The molecule has 2 N–H and O–H groups in total. The Hall–Kier alpha value is -2.50. The van der Waals surface area contributed by atoms with Crippen molar-refractivity contribution in [3.8, 4) is 0 Å². The smallest absolute Gasteiger partial charge is 0.405 e. The Morgan fingerprint density at radius 2 is 1.73 bits per heavy atom. The molecule has 0 aliphatic rings. The lowest BCUT2D eigenvalue weighted by molar-refractivity contribution is -0.140. The molecule has 162 valence electrons. The number of halogens is 5. The van der Waals surface area contributed by atoms with Crippen LogP contribution in [0.4, 0.5) is 18.9 Å². The second kappa shape index (κ2) is 9.54. The zero-order valence-corrected chi connectivity index (χ0v) is 17.1. The molecule has 0 heterocycles. The van der Waals surface area contributed by atoms with Crippen LogP contribution in [0, 0.1) is 0 Å². The van der Waals surface area contributed by atoms with E-state index in [9.17, 15) is 31.2 Å². The number of rotatable bonds is 7. The highest BCUT2D eigenvalue weighted by atomic mass is 35.5. The molecular formula is C17H13Cl2F3N2O5S. The topological polar surface area (TPSA) is 102 Å². The number of hydrogen-bond donors (Lipinski definition) is 2. The standard InChI is InChI=1S/C17H13Cl2F3N2O5S/c18-10-5-6-12(19)14(7-10)30(27,28)24-13-4-2-1-3-11(13)16(26)29-8-15(25)23-9-17(20,21)22/h1-7,24H,8-9H2,(H,23,25). The van der Waals surface area contributed by atoms with Crippen LogP contribution < -0.4 is 10.0 Å². The van der Waals surface area contributed by atoms with E-state index in [1.807, 2.05) is 0 Å². The number of carbonyl (C=O) groups is 2. The van der Waals surface area contributed by atoms with Crippen LogP contribution >= 0.6 is 23.2 Å². The first kappa shape index (κ1) is 23.8. The number of para-hydroxylation sites is 1. The maximum absolute atomic E-state index is 12.6. The molecule has 0 aliphatic heterocycles. The third-order valence-corrected chi connectivity index (χ3v) is 5.48. The lowest BCUT2D eigenvalue weighted by Crippen LogP contribution is -2.36. The van der Waals surface area contributed by atoms with Crippen LogP contribution in [0.2, 0.25) is 10.0 Å². The summed E-state index contributed by atoms with van der Waals surface area (Å²) in [6.07, 6.45) is -4.62. The number of hydrogen-bond acceptors (Lipinski definition) is 5. The minimum absolute atomic E-state index is 0.109. The molecule has 13 heteroatoms. The number of anilines is 1. The fourth-order valence-corrected chi connectivity index (χ4v) is 3.94. The van der Waals surface area contributed by atoms with Crippen LogP contribution in [0.15, 0.2) is 47.4 Å². The van der Waals surface area contributed by atoms with Crippen molar-refractivity contribution in [3.05, 3.63) is 58.1 Å². The molecule has 0 fully saturated rings. The van der Waals surface area contributed by atoms with Crippen LogP contribution in [0.3, 0.4) is 0 Å². The summed E-state index contributed by atoms with van der Waals surface area (Å²) in [7, 11) is -4.26. The van der Waals surface area contributed by atoms with Crippen molar-refractivity contribution in [2.75, 3.05) is 17.9 Å². The SMILES string of the molecule is O=C(COC(=O)c1ccccc1NS(=O)(=O)c1cc(Cl)ccc1Cl)NCC(F)(F)F. The highest BCUT2D eigenvalue weighted by molar-refractivity contribution is 7.92. The van der Waals surface area contributed by atoms with Gasteiger partial charge >= 0.3 is 12.1 Å². The van der Waals surface area contributed by atoms with E-state index in [0.29, 0.717) is 0 Å². The van der Waals surface area contributed by atoms with Gasteiger partial charge in [-0.1, -0.05) is 35.3 Å². The molecule has 2 rings (SSSR count). The fraction of sp³-hybridized carbons (Fsp3) is 0.176. The van der Waals surface area contributed by atoms with Crippen LogP contribution in [-0.2, 0) is 19.6 Å². The van der Waals surface area contributed by atoms with E-state index in [0.717, 1.165) is 6.07 Å². The number of alkyl halides is 3. The lowest BCUT2D eigenvalue weighted by atomic mass is 10.2. The number of carbonyl (C=O) groups excluding carboxylic acids is 2. The highest BCUT2D eigenvalue weighted by Crippen LogP contribution is 2.28. The molecule has 0 bridgehead atoms. The van der Waals surface area contributed by atoms with Crippen LogP contribution in [-0.4, -0.2) is 39.6 Å². The van der Waals surface area contributed by atoms with Crippen LogP contribution in [0.5, 0.6) is 0 Å². The van der Waals surface area contributed by atoms with Gasteiger partial charge in [-0.3, -0.25) is 9.52 Å². The molecule has 0 aliphatic carbocycles. The number of esters is 1. The van der Waals surface area contributed by atoms with E-state index < -0.39 is 41.2 Å². The Labute approximate surface area is 179 Å². The van der Waals surface area contributed by atoms with Crippen molar-refractivity contribution in [1.82, 2.24) is 5.32 Å². The summed E-state index contributed by atoms with van der Waals surface area (Å²) < 4.78 is 68.3. The Balaban J connectivity index is 2.15. The molecule has 0 spiro atoms. The first-order valence-electron chi connectivity index (χ1n) is 7.96. The third kappa shape index (κ3) is 6.78. The van der Waals surface area contributed by atoms with Crippen molar-refractivity contribution in [3.63, 3.8) is 0 Å². The van der Waals surface area contributed by atoms with Crippen molar-refractivity contribution in [2.45, 2.75) is 11.1 Å². The molecule has 2 aromatic carbocycles. The van der Waals surface area contributed by atoms with Gasteiger partial charge in [-0.05, 0) is 30.3 Å². The van der Waals surface area contributed by atoms with E-state index >= 15 is 0 Å². The average Bonchev–Trinajstić information content (AvgIpc) is 2.65. The quantitative estimate of drug-likeness (QED) is 0.584. The van der Waals surface area contributed by atoms with Gasteiger partial charge in [0.05, 0.1) is 16.3 Å². The first-order valence-corrected chi connectivity index (χ1v) is 10.2. The largest absolute Gasteiger partial charge is 0.452 e. The van der Waals surface area contributed by atoms with Gasteiger partial charge in [0.25, 0.3) is 15.9 Å². The van der Waals surface area contributed by atoms with Crippen molar-refractivity contribution < 1.29 is 35.9 Å². The van der Waals surface area contributed by atoms with Gasteiger partial charge in [-0.2, -0.15) is 13.2 Å². The third-order valence-electron chi connectivity index (χ3n) is 3.39. The fourth-order valence-electron chi connectivity index (χ4n) is 2.09. The van der Waals surface area contributed by atoms with Crippen LogP contribution in [0.1, 0.15) is 10.4 Å². The monoisotopic (exact) mass is 484 g/mol. The van der Waals surface area contributed by atoms with Gasteiger partial charge in [0.15, 0.2) is 6.61 Å². The van der Waals surface area contributed by atoms with Gasteiger partial charge < -0.3 is 10.1 Å². The zero-order valence-electron chi connectivity index (χ0n) is 14.8. The number of nitrogens with one attached hydrogen (secondary N) is 2. The van der Waals surface area contributed by atoms with E-state index in [-0.39, 0.29) is 26.2 Å². The second-order valence-corrected chi connectivity index (χ2v) is 8.19. The average molecular weight is 485 g/mol. The molecule has 7 nitrogen and oxygen atoms in total. The van der Waals surface area contributed by atoms with Gasteiger partial charge in [-0.25, -0.2) is 13.2 Å². The number of benzene rings is 2. The number of amides is 1. The molecule has 2 aromatic rings. The second-order valence-electron chi connectivity index (χ2n) is 5.69. The van der Waals surface area contributed by atoms with Crippen LogP contribution in [0.25, 0.3) is 0 Å². The van der Waals surface area contributed by atoms with Gasteiger partial charge in [-0.15, -0.1) is 0 Å². The maximum Gasteiger partial charge on any atom is 0.405 e. The van der Waals surface area contributed by atoms with Gasteiger partial charge in [0.1, 0.15) is 11.4 Å². The lowest BCUT2D eigenvalue weighted by Gasteiger charge is -2.13. The van der Waals surface area contributed by atoms with E-state index in [1.165, 1.54) is 41.7 Å². The normalized spacial score (nSPS) is 11.6. The predicted octanol–water partition coefficient (Wildman–Crippen LogP) is 3.63. The molecule has 0 atom stereocenters. The van der Waals surface area contributed by atoms with E-state index in [2.05, 4.69) is 9.46 Å². The highest BCUT2D eigenvalue weighted by Gasteiger charge is 2.28. The maximum atomic E-state index is 12.6. The molecule has 30 heavy (non-hydrogen) atoms. The number of sulfonamides is 1. The predicted molar refractivity (Wildman–Crippen MR) is 103 cm³/mol. The Morgan fingerprint density at radius 3 is 2.40 bits per heavy atom. The van der Waals surface area contributed by atoms with Crippen molar-refractivity contribution >= 4 is 50.8 Å².